The second kappa shape index (κ2) is 20.6. The second-order valence-corrected chi connectivity index (χ2v) is 14.5. The highest BCUT2D eigenvalue weighted by molar-refractivity contribution is 6.30. The molecule has 1 saturated heterocycles. The van der Waals surface area contributed by atoms with Gasteiger partial charge in [0.15, 0.2) is 5.58 Å². The van der Waals surface area contributed by atoms with Gasteiger partial charge >= 0.3 is 6.09 Å². The number of ether oxygens (including phenoxy) is 2. The Balaban J connectivity index is 1.23. The van der Waals surface area contributed by atoms with Crippen molar-refractivity contribution in [2.24, 2.45) is 0 Å². The fourth-order valence-electron chi connectivity index (χ4n) is 6.84. The number of nitrogens with zero attached hydrogens (tertiary/aromatic N) is 2. The van der Waals surface area contributed by atoms with Crippen LogP contribution in [-0.4, -0.2) is 77.9 Å². The maximum absolute atomic E-state index is 14.6. The van der Waals surface area contributed by atoms with Gasteiger partial charge in [0.05, 0.1) is 18.8 Å². The number of benzene rings is 4. The van der Waals surface area contributed by atoms with Crippen LogP contribution in [0.3, 0.4) is 0 Å². The molecule has 0 radical (unpaired) electrons. The lowest BCUT2D eigenvalue weighted by Gasteiger charge is -2.29. The van der Waals surface area contributed by atoms with Gasteiger partial charge in [0.1, 0.15) is 24.2 Å². The van der Waals surface area contributed by atoms with Gasteiger partial charge in [-0.2, -0.15) is 0 Å². The molecule has 13 heteroatoms. The van der Waals surface area contributed by atoms with E-state index in [4.69, 9.17) is 25.5 Å². The van der Waals surface area contributed by atoms with Crippen LogP contribution in [0, 0.1) is 0 Å². The van der Waals surface area contributed by atoms with Gasteiger partial charge in [-0.25, -0.2) is 9.78 Å². The number of nitrogens with one attached hydrogen (secondary N) is 3. The van der Waals surface area contributed by atoms with E-state index < -0.39 is 47.9 Å². The van der Waals surface area contributed by atoms with Crippen LogP contribution in [0.25, 0.3) is 11.1 Å². The summed E-state index contributed by atoms with van der Waals surface area (Å²) in [6, 6.07) is 30.2. The van der Waals surface area contributed by atoms with Crippen molar-refractivity contribution < 1.29 is 33.1 Å². The Labute approximate surface area is 337 Å². The predicted octanol–water partition coefficient (Wildman–Crippen LogP) is 6.65. The molecule has 4 atom stereocenters. The number of Topliss-reactive ketones (excluding diaryl/α,β-unsaturated/α-hetero) is 1. The summed E-state index contributed by atoms with van der Waals surface area (Å²) >= 11 is 6.09. The highest BCUT2D eigenvalue weighted by atomic mass is 35.5. The third kappa shape index (κ3) is 11.7. The fourth-order valence-corrected chi connectivity index (χ4v) is 6.96. The Morgan fingerprint density at radius 3 is 2.21 bits per heavy atom. The van der Waals surface area contributed by atoms with Crippen molar-refractivity contribution in [2.75, 3.05) is 20.1 Å². The standard InChI is InChI=1S/C44H48ClN5O7/c1-46-25-11-10-17-36(40(51)42-48-35-16-8-9-18-39(35)57-42)47-41(52)38-26-34(55-28-32-19-22-33(45)23-20-32)27-50(38)43(53)37(24-21-30-12-4-2-5-13-30)49-44(54)56-29-31-14-6-3-7-15-31/h2-9,12-16,18-20,22-23,34,36-38,46H,10-11,17,21,24-29H2,1H3,(H,47,52)(H,49,54)/t34-,36?,37?,38+/m1/s1. The number of oxazole rings is 1. The fraction of sp³-hybridized carbons (Fsp3) is 0.341. The number of para-hydroxylation sites is 2. The molecule has 0 spiro atoms. The van der Waals surface area contributed by atoms with Crippen LogP contribution in [0.2, 0.25) is 5.02 Å². The molecule has 1 fully saturated rings. The molecule has 6 rings (SSSR count). The zero-order chi connectivity index (χ0) is 40.0. The van der Waals surface area contributed by atoms with E-state index in [1.54, 1.807) is 36.4 Å². The van der Waals surface area contributed by atoms with Crippen molar-refractivity contribution in [3.63, 3.8) is 0 Å². The SMILES string of the molecule is CNCCCCC(NC(=O)[C@@H]1C[C@@H](OCc2ccc(Cl)cc2)CN1C(=O)C(CCc1ccccc1)NC(=O)OCc1ccccc1)C(=O)c1nc2ccccc2o1. The molecule has 3 amide bonds. The molecule has 0 saturated carbocycles. The van der Waals surface area contributed by atoms with Crippen molar-refractivity contribution in [3.05, 3.63) is 137 Å². The average molecular weight is 794 g/mol. The van der Waals surface area contributed by atoms with Gasteiger partial charge in [0.2, 0.25) is 17.6 Å². The van der Waals surface area contributed by atoms with Crippen LogP contribution < -0.4 is 16.0 Å². The van der Waals surface area contributed by atoms with E-state index in [2.05, 4.69) is 20.9 Å². The Morgan fingerprint density at radius 1 is 0.807 bits per heavy atom. The van der Waals surface area contributed by atoms with Crippen LogP contribution in [0.1, 0.15) is 59.5 Å². The predicted molar refractivity (Wildman–Crippen MR) is 217 cm³/mol. The third-order valence-electron chi connectivity index (χ3n) is 9.92. The molecule has 1 aliphatic rings. The number of hydrogen-bond donors (Lipinski definition) is 3. The Hall–Kier alpha value is -5.56. The molecular weight excluding hydrogens is 746 g/mol. The monoisotopic (exact) mass is 793 g/mol. The lowest BCUT2D eigenvalue weighted by Crippen LogP contribution is -2.55. The number of carbonyl (C=O) groups is 4. The number of amides is 3. The number of aromatic nitrogens is 1. The minimum absolute atomic E-state index is 0.0193. The number of carbonyl (C=O) groups excluding carboxylic acids is 4. The molecule has 2 unspecified atom stereocenters. The number of halogens is 1. The number of likely N-dealkylation sites (tertiary alicyclic amines) is 1. The molecule has 0 aliphatic carbocycles. The quantitative estimate of drug-likeness (QED) is 0.0617. The van der Waals surface area contributed by atoms with E-state index in [1.807, 2.05) is 79.8 Å². The summed E-state index contributed by atoms with van der Waals surface area (Å²) in [5.41, 5.74) is 3.65. The number of unbranched alkanes of at least 4 members (excludes halogenated alkanes) is 1. The number of fused-ring (bicyclic) bond motifs is 1. The molecule has 2 heterocycles. The van der Waals surface area contributed by atoms with Crippen molar-refractivity contribution in [2.45, 2.75) is 76.0 Å². The molecular formula is C44H48ClN5O7. The minimum atomic E-state index is -1.03. The van der Waals surface area contributed by atoms with Gasteiger partial charge in [-0.05, 0) is 86.7 Å². The topological polar surface area (TPSA) is 152 Å². The molecule has 298 valence electrons. The van der Waals surface area contributed by atoms with Crippen molar-refractivity contribution in [3.8, 4) is 0 Å². The number of ketones is 1. The van der Waals surface area contributed by atoms with Gasteiger partial charge in [-0.1, -0.05) is 96.5 Å². The first kappa shape index (κ1) is 41.1. The van der Waals surface area contributed by atoms with E-state index in [-0.39, 0.29) is 38.5 Å². The molecule has 1 aliphatic heterocycles. The third-order valence-corrected chi connectivity index (χ3v) is 10.2. The molecule has 1 aromatic heterocycles. The van der Waals surface area contributed by atoms with Crippen molar-refractivity contribution >= 4 is 46.4 Å². The average Bonchev–Trinajstić information content (AvgIpc) is 3.88. The largest absolute Gasteiger partial charge is 0.445 e. The highest BCUT2D eigenvalue weighted by Gasteiger charge is 2.43. The van der Waals surface area contributed by atoms with Crippen LogP contribution in [-0.2, 0) is 38.7 Å². The second-order valence-electron chi connectivity index (χ2n) is 14.1. The lowest BCUT2D eigenvalue weighted by atomic mass is 10.0. The highest BCUT2D eigenvalue weighted by Crippen LogP contribution is 2.25. The number of aryl methyl sites for hydroxylation is 1. The summed E-state index contributed by atoms with van der Waals surface area (Å²) in [6.45, 7) is 1.06. The molecule has 0 bridgehead atoms. The van der Waals surface area contributed by atoms with Gasteiger partial charge in [0.25, 0.3) is 5.89 Å². The first-order chi connectivity index (χ1) is 27.8. The molecule has 5 aromatic rings. The number of rotatable bonds is 19. The maximum Gasteiger partial charge on any atom is 0.408 e. The zero-order valence-corrected chi connectivity index (χ0v) is 32.7. The first-order valence-electron chi connectivity index (χ1n) is 19.3. The lowest BCUT2D eigenvalue weighted by molar-refractivity contribution is -0.140. The minimum Gasteiger partial charge on any atom is -0.445 e. The van der Waals surface area contributed by atoms with E-state index >= 15 is 0 Å². The van der Waals surface area contributed by atoms with Gasteiger partial charge in [-0.15, -0.1) is 0 Å². The molecule has 3 N–H and O–H groups in total. The summed E-state index contributed by atoms with van der Waals surface area (Å²) in [4.78, 5) is 62.1. The molecule has 4 aromatic carbocycles. The van der Waals surface area contributed by atoms with Crippen LogP contribution >= 0.6 is 11.6 Å². The number of hydrogen-bond acceptors (Lipinski definition) is 9. The molecule has 12 nitrogen and oxygen atoms in total. The summed E-state index contributed by atoms with van der Waals surface area (Å²) < 4.78 is 17.6. The van der Waals surface area contributed by atoms with E-state index in [1.165, 1.54) is 4.90 Å². The first-order valence-corrected chi connectivity index (χ1v) is 19.7. The normalized spacial score (nSPS) is 16.2. The van der Waals surface area contributed by atoms with E-state index in [0.717, 1.165) is 29.7 Å². The maximum atomic E-state index is 14.6. The Kier molecular flexibility index (Phi) is 14.8. The van der Waals surface area contributed by atoms with Crippen LogP contribution in [0.15, 0.2) is 114 Å². The summed E-state index contributed by atoms with van der Waals surface area (Å²) in [5.74, 6) is -1.54. The van der Waals surface area contributed by atoms with Crippen LogP contribution in [0.5, 0.6) is 0 Å². The molecule has 57 heavy (non-hydrogen) atoms. The van der Waals surface area contributed by atoms with E-state index in [9.17, 15) is 19.2 Å². The Morgan fingerprint density at radius 2 is 1.49 bits per heavy atom. The van der Waals surface area contributed by atoms with Crippen molar-refractivity contribution in [1.29, 1.82) is 0 Å². The van der Waals surface area contributed by atoms with Gasteiger partial charge < -0.3 is 34.7 Å². The smallest absolute Gasteiger partial charge is 0.408 e. The van der Waals surface area contributed by atoms with Crippen LogP contribution in [0.4, 0.5) is 4.79 Å². The summed E-state index contributed by atoms with van der Waals surface area (Å²) in [6.07, 6.45) is 1.34. The number of alkyl carbamates (subject to hydrolysis) is 1. The summed E-state index contributed by atoms with van der Waals surface area (Å²) in [7, 11) is 1.85. The zero-order valence-electron chi connectivity index (χ0n) is 31.9. The Bertz CT molecular complexity index is 2050. The van der Waals surface area contributed by atoms with Gasteiger partial charge in [-0.3, -0.25) is 14.4 Å². The van der Waals surface area contributed by atoms with Crippen molar-refractivity contribution in [1.82, 2.24) is 25.8 Å². The van der Waals surface area contributed by atoms with Gasteiger partial charge in [0, 0.05) is 18.0 Å². The van der Waals surface area contributed by atoms with E-state index in [0.29, 0.717) is 35.4 Å². The summed E-state index contributed by atoms with van der Waals surface area (Å²) in [5, 5.41) is 9.45.